The van der Waals surface area contributed by atoms with E-state index in [1.54, 1.807) is 12.1 Å². The fourth-order valence-electron chi connectivity index (χ4n) is 2.74. The van der Waals surface area contributed by atoms with Crippen molar-refractivity contribution in [3.05, 3.63) is 34.9 Å². The Morgan fingerprint density at radius 1 is 1.30 bits per heavy atom. The van der Waals surface area contributed by atoms with Crippen LogP contribution in [-0.4, -0.2) is 17.0 Å². The molecule has 108 valence electrons. The van der Waals surface area contributed by atoms with E-state index in [-0.39, 0.29) is 12.3 Å². The minimum Gasteiger partial charge on any atom is -0.481 e. The Kier molecular flexibility index (Phi) is 4.65. The Morgan fingerprint density at radius 3 is 2.60 bits per heavy atom. The zero-order valence-corrected chi connectivity index (χ0v) is 11.9. The number of carbonyl (C=O) groups excluding carboxylic acids is 1. The van der Waals surface area contributed by atoms with Gasteiger partial charge in [-0.15, -0.1) is 0 Å². The molecule has 0 heterocycles. The second kappa shape index (κ2) is 6.27. The lowest BCUT2D eigenvalue weighted by Crippen LogP contribution is -2.35. The number of halogens is 1. The van der Waals surface area contributed by atoms with Crippen molar-refractivity contribution in [1.29, 1.82) is 0 Å². The molecule has 0 aromatic heterocycles. The summed E-state index contributed by atoms with van der Waals surface area (Å²) in [5.74, 6) is -1.07. The molecule has 2 rings (SSSR count). The van der Waals surface area contributed by atoms with Crippen LogP contribution in [0.5, 0.6) is 0 Å². The molecule has 1 aromatic carbocycles. The number of hydrogen-bond acceptors (Lipinski definition) is 2. The maximum atomic E-state index is 12.0. The molecule has 1 aliphatic rings. The lowest BCUT2D eigenvalue weighted by Gasteiger charge is -2.22. The van der Waals surface area contributed by atoms with Crippen molar-refractivity contribution in [2.45, 2.75) is 38.6 Å². The van der Waals surface area contributed by atoms with E-state index in [1.807, 2.05) is 12.1 Å². The standard InChI is InChI=1S/C15H18ClNO3/c16-12-5-3-4-11(8-12)10-17-13(18)9-15(14(19)20)6-1-2-7-15/h3-5,8H,1-2,6-7,9-10H2,(H,17,18)(H,19,20). The number of nitrogens with one attached hydrogen (secondary N) is 1. The predicted molar refractivity (Wildman–Crippen MR) is 76.5 cm³/mol. The molecule has 5 heteroatoms. The van der Waals surface area contributed by atoms with E-state index >= 15 is 0 Å². The van der Waals surface area contributed by atoms with Gasteiger partial charge in [-0.25, -0.2) is 0 Å². The molecule has 0 bridgehead atoms. The minimum absolute atomic E-state index is 0.0584. The van der Waals surface area contributed by atoms with Gasteiger partial charge in [0.25, 0.3) is 0 Å². The summed E-state index contributed by atoms with van der Waals surface area (Å²) < 4.78 is 0. The Morgan fingerprint density at radius 2 is 2.00 bits per heavy atom. The summed E-state index contributed by atoms with van der Waals surface area (Å²) in [6, 6.07) is 7.24. The second-order valence-corrected chi connectivity index (χ2v) is 5.81. The number of amides is 1. The summed E-state index contributed by atoms with van der Waals surface area (Å²) in [6.07, 6.45) is 3.00. The van der Waals surface area contributed by atoms with Crippen molar-refractivity contribution in [3.8, 4) is 0 Å². The zero-order chi connectivity index (χ0) is 14.6. The Labute approximate surface area is 123 Å². The van der Waals surface area contributed by atoms with E-state index in [2.05, 4.69) is 5.32 Å². The molecule has 0 saturated heterocycles. The first-order valence-corrected chi connectivity index (χ1v) is 7.14. The van der Waals surface area contributed by atoms with Crippen LogP contribution in [0.2, 0.25) is 5.02 Å². The molecule has 1 amide bonds. The topological polar surface area (TPSA) is 66.4 Å². The van der Waals surface area contributed by atoms with Crippen LogP contribution in [-0.2, 0) is 16.1 Å². The number of benzene rings is 1. The van der Waals surface area contributed by atoms with Gasteiger partial charge in [0.1, 0.15) is 0 Å². The molecule has 1 fully saturated rings. The van der Waals surface area contributed by atoms with E-state index in [1.165, 1.54) is 0 Å². The first kappa shape index (κ1) is 14.9. The number of carboxylic acids is 1. The summed E-state index contributed by atoms with van der Waals surface area (Å²) in [5.41, 5.74) is 0.0416. The Bertz CT molecular complexity index is 510. The highest BCUT2D eigenvalue weighted by molar-refractivity contribution is 6.30. The highest BCUT2D eigenvalue weighted by Gasteiger charge is 2.42. The molecule has 1 aromatic rings. The smallest absolute Gasteiger partial charge is 0.310 e. The normalized spacial score (nSPS) is 16.9. The van der Waals surface area contributed by atoms with Gasteiger partial charge in [-0.3, -0.25) is 9.59 Å². The number of rotatable bonds is 5. The number of aliphatic carboxylic acids is 1. The molecule has 0 radical (unpaired) electrons. The van der Waals surface area contributed by atoms with Crippen molar-refractivity contribution in [3.63, 3.8) is 0 Å². The maximum Gasteiger partial charge on any atom is 0.310 e. The number of carbonyl (C=O) groups is 2. The van der Waals surface area contributed by atoms with Crippen LogP contribution in [0.15, 0.2) is 24.3 Å². The van der Waals surface area contributed by atoms with Crippen LogP contribution in [0.3, 0.4) is 0 Å². The highest BCUT2D eigenvalue weighted by atomic mass is 35.5. The van der Waals surface area contributed by atoms with Gasteiger partial charge in [-0.05, 0) is 30.5 Å². The molecule has 4 nitrogen and oxygen atoms in total. The van der Waals surface area contributed by atoms with Crippen LogP contribution in [0, 0.1) is 5.41 Å². The van der Waals surface area contributed by atoms with Gasteiger partial charge >= 0.3 is 5.97 Å². The zero-order valence-electron chi connectivity index (χ0n) is 11.2. The van der Waals surface area contributed by atoms with E-state index in [0.717, 1.165) is 18.4 Å². The van der Waals surface area contributed by atoms with Gasteiger partial charge in [0.2, 0.25) is 5.91 Å². The van der Waals surface area contributed by atoms with E-state index in [0.29, 0.717) is 24.4 Å². The van der Waals surface area contributed by atoms with Gasteiger partial charge in [0.15, 0.2) is 0 Å². The van der Waals surface area contributed by atoms with Crippen LogP contribution in [0.1, 0.15) is 37.7 Å². The second-order valence-electron chi connectivity index (χ2n) is 5.38. The molecule has 2 N–H and O–H groups in total. The minimum atomic E-state index is -0.863. The SMILES string of the molecule is O=C(CC1(C(=O)O)CCCC1)NCc1cccc(Cl)c1. The summed E-state index contributed by atoms with van der Waals surface area (Å²) in [4.78, 5) is 23.3. The third-order valence-corrected chi connectivity index (χ3v) is 4.13. The van der Waals surface area contributed by atoms with Crippen molar-refractivity contribution < 1.29 is 14.7 Å². The van der Waals surface area contributed by atoms with Gasteiger partial charge in [0, 0.05) is 18.0 Å². The van der Waals surface area contributed by atoms with Crippen LogP contribution in [0.25, 0.3) is 0 Å². The van der Waals surface area contributed by atoms with Crippen molar-refractivity contribution >= 4 is 23.5 Å². The largest absolute Gasteiger partial charge is 0.481 e. The van der Waals surface area contributed by atoms with Gasteiger partial charge in [-0.2, -0.15) is 0 Å². The molecule has 1 saturated carbocycles. The number of hydrogen-bond donors (Lipinski definition) is 2. The van der Waals surface area contributed by atoms with E-state index < -0.39 is 11.4 Å². The molecule has 0 spiro atoms. The fourth-order valence-corrected chi connectivity index (χ4v) is 2.95. The van der Waals surface area contributed by atoms with E-state index in [4.69, 9.17) is 11.6 Å². The van der Waals surface area contributed by atoms with Gasteiger partial charge in [0.05, 0.1) is 5.41 Å². The van der Waals surface area contributed by atoms with Crippen LogP contribution < -0.4 is 5.32 Å². The third kappa shape index (κ3) is 3.51. The molecule has 20 heavy (non-hydrogen) atoms. The molecule has 1 aliphatic carbocycles. The Hall–Kier alpha value is -1.55. The van der Waals surface area contributed by atoms with E-state index in [9.17, 15) is 14.7 Å². The first-order chi connectivity index (χ1) is 9.52. The first-order valence-electron chi connectivity index (χ1n) is 6.76. The lowest BCUT2D eigenvalue weighted by molar-refractivity contribution is -0.151. The van der Waals surface area contributed by atoms with Gasteiger partial charge in [-0.1, -0.05) is 36.6 Å². The predicted octanol–water partition coefficient (Wildman–Crippen LogP) is 2.99. The quantitative estimate of drug-likeness (QED) is 0.877. The average molecular weight is 296 g/mol. The van der Waals surface area contributed by atoms with Gasteiger partial charge < -0.3 is 10.4 Å². The van der Waals surface area contributed by atoms with Crippen molar-refractivity contribution in [1.82, 2.24) is 5.32 Å². The molecule has 0 unspecified atom stereocenters. The summed E-state index contributed by atoms with van der Waals surface area (Å²) in [6.45, 7) is 0.370. The summed E-state index contributed by atoms with van der Waals surface area (Å²) in [7, 11) is 0. The summed E-state index contributed by atoms with van der Waals surface area (Å²) >= 11 is 5.87. The van der Waals surface area contributed by atoms with Crippen molar-refractivity contribution in [2.24, 2.45) is 5.41 Å². The molecule has 0 aliphatic heterocycles. The third-order valence-electron chi connectivity index (χ3n) is 3.89. The Balaban J connectivity index is 1.90. The molecule has 0 atom stereocenters. The highest BCUT2D eigenvalue weighted by Crippen LogP contribution is 2.41. The summed E-state index contributed by atoms with van der Waals surface area (Å²) in [5, 5.41) is 12.7. The molecular weight excluding hydrogens is 278 g/mol. The fraction of sp³-hybridized carbons (Fsp3) is 0.467. The maximum absolute atomic E-state index is 12.0. The lowest BCUT2D eigenvalue weighted by atomic mass is 9.82. The van der Waals surface area contributed by atoms with Crippen LogP contribution in [0.4, 0.5) is 0 Å². The number of carboxylic acid groups (broad SMARTS) is 1. The average Bonchev–Trinajstić information content (AvgIpc) is 2.86. The van der Waals surface area contributed by atoms with Crippen molar-refractivity contribution in [2.75, 3.05) is 0 Å². The van der Waals surface area contributed by atoms with Crippen LogP contribution >= 0.6 is 11.6 Å². The monoisotopic (exact) mass is 295 g/mol. The molecular formula is C15H18ClNO3.